The summed E-state index contributed by atoms with van der Waals surface area (Å²) in [5.41, 5.74) is 3.41. The van der Waals surface area contributed by atoms with Crippen molar-refractivity contribution < 1.29 is 4.74 Å². The molecule has 0 aliphatic carbocycles. The van der Waals surface area contributed by atoms with Crippen LogP contribution in [0.5, 0.6) is 5.75 Å². The Morgan fingerprint density at radius 3 is 2.36 bits per heavy atom. The van der Waals surface area contributed by atoms with Gasteiger partial charge in [-0.05, 0) is 61.6 Å². The van der Waals surface area contributed by atoms with E-state index in [1.807, 2.05) is 37.4 Å². The topological polar surface area (TPSA) is 45.9 Å². The van der Waals surface area contributed by atoms with Crippen LogP contribution in [-0.2, 0) is 6.42 Å². The molecular formula is C25H34N2O. The molecule has 0 fully saturated rings. The highest BCUT2D eigenvalue weighted by atomic mass is 16.5. The van der Waals surface area contributed by atoms with Crippen LogP contribution in [0, 0.1) is 17.2 Å². The Morgan fingerprint density at radius 2 is 1.71 bits per heavy atom. The number of unbranched alkanes of at least 4 members (excludes halogenated alkanes) is 5. The molecule has 0 aliphatic heterocycles. The number of benzene rings is 1. The molecule has 1 aromatic carbocycles. The van der Waals surface area contributed by atoms with Crippen LogP contribution < -0.4 is 4.74 Å². The predicted molar refractivity (Wildman–Crippen MR) is 116 cm³/mol. The van der Waals surface area contributed by atoms with Gasteiger partial charge in [0.1, 0.15) is 5.75 Å². The van der Waals surface area contributed by atoms with Gasteiger partial charge >= 0.3 is 0 Å². The van der Waals surface area contributed by atoms with Crippen LogP contribution in [0.4, 0.5) is 0 Å². The Hall–Kier alpha value is -2.34. The van der Waals surface area contributed by atoms with E-state index in [4.69, 9.17) is 10.00 Å². The lowest BCUT2D eigenvalue weighted by Crippen LogP contribution is -2.04. The van der Waals surface area contributed by atoms with Crippen molar-refractivity contribution in [2.75, 3.05) is 6.61 Å². The molecule has 3 heteroatoms. The molecule has 0 N–H and O–H groups in total. The predicted octanol–water partition coefficient (Wildman–Crippen LogP) is 6.97. The van der Waals surface area contributed by atoms with Crippen molar-refractivity contribution >= 4 is 0 Å². The molecule has 28 heavy (non-hydrogen) atoms. The second-order valence-electron chi connectivity index (χ2n) is 7.47. The maximum atomic E-state index is 8.98. The molecule has 0 saturated carbocycles. The number of ether oxygens (including phenoxy) is 1. The van der Waals surface area contributed by atoms with E-state index >= 15 is 0 Å². The number of nitrogens with zero attached hydrogens (tertiary/aromatic N) is 2. The zero-order valence-electron chi connectivity index (χ0n) is 17.5. The molecule has 1 aromatic heterocycles. The molecule has 0 aliphatic rings. The van der Waals surface area contributed by atoms with Crippen LogP contribution >= 0.6 is 0 Å². The van der Waals surface area contributed by atoms with E-state index in [9.17, 15) is 0 Å². The molecule has 2 rings (SSSR count). The molecular weight excluding hydrogens is 344 g/mol. The smallest absolute Gasteiger partial charge is 0.119 e. The molecule has 0 radical (unpaired) electrons. The number of hydrogen-bond acceptors (Lipinski definition) is 3. The fraction of sp³-hybridized carbons (Fsp3) is 0.520. The minimum Gasteiger partial charge on any atom is -0.494 e. The third kappa shape index (κ3) is 7.72. The van der Waals surface area contributed by atoms with Crippen molar-refractivity contribution in [3.8, 4) is 23.1 Å². The van der Waals surface area contributed by atoms with Gasteiger partial charge in [0, 0.05) is 17.7 Å². The summed E-state index contributed by atoms with van der Waals surface area (Å²) in [5.74, 6) is 0.926. The van der Waals surface area contributed by atoms with E-state index in [2.05, 4.69) is 30.1 Å². The lowest BCUT2D eigenvalue weighted by Gasteiger charge is -2.09. The lowest BCUT2D eigenvalue weighted by molar-refractivity contribution is 0.291. The lowest BCUT2D eigenvalue weighted by atomic mass is 10.0. The second kappa shape index (κ2) is 12.9. The maximum Gasteiger partial charge on any atom is 0.119 e. The Labute approximate surface area is 170 Å². The summed E-state index contributed by atoms with van der Waals surface area (Å²) in [7, 11) is 0. The first-order valence-electron chi connectivity index (χ1n) is 10.8. The van der Waals surface area contributed by atoms with Gasteiger partial charge in [0.25, 0.3) is 0 Å². The fourth-order valence-electron chi connectivity index (χ4n) is 3.25. The number of rotatable bonds is 13. The molecule has 0 spiro atoms. The number of hydrogen-bond donors (Lipinski definition) is 0. The Bertz CT molecular complexity index is 701. The van der Waals surface area contributed by atoms with Crippen molar-refractivity contribution in [2.24, 2.45) is 5.92 Å². The third-order valence-electron chi connectivity index (χ3n) is 5.20. The van der Waals surface area contributed by atoms with Gasteiger partial charge in [-0.1, -0.05) is 52.0 Å². The Morgan fingerprint density at radius 1 is 0.964 bits per heavy atom. The first-order valence-corrected chi connectivity index (χ1v) is 10.8. The van der Waals surface area contributed by atoms with Gasteiger partial charge in [0.2, 0.25) is 0 Å². The van der Waals surface area contributed by atoms with Crippen LogP contribution in [0.3, 0.4) is 0 Å². The van der Waals surface area contributed by atoms with Gasteiger partial charge < -0.3 is 4.74 Å². The summed E-state index contributed by atoms with van der Waals surface area (Å²) in [6, 6.07) is 14.7. The maximum absolute atomic E-state index is 8.98. The van der Waals surface area contributed by atoms with Gasteiger partial charge in [-0.2, -0.15) is 5.26 Å². The molecule has 2 aromatic rings. The first-order chi connectivity index (χ1) is 13.8. The Kier molecular flexibility index (Phi) is 10.1. The van der Waals surface area contributed by atoms with E-state index in [0.717, 1.165) is 36.3 Å². The fourth-order valence-corrected chi connectivity index (χ4v) is 3.25. The van der Waals surface area contributed by atoms with Crippen molar-refractivity contribution in [2.45, 2.75) is 71.6 Å². The molecule has 0 amide bonds. The molecule has 3 nitrogen and oxygen atoms in total. The Balaban J connectivity index is 1.77. The van der Waals surface area contributed by atoms with Gasteiger partial charge in [-0.3, -0.25) is 4.98 Å². The van der Waals surface area contributed by atoms with E-state index < -0.39 is 0 Å². The normalized spacial score (nSPS) is 11.8. The first kappa shape index (κ1) is 22.0. The summed E-state index contributed by atoms with van der Waals surface area (Å²) in [5, 5.41) is 8.98. The van der Waals surface area contributed by atoms with Crippen molar-refractivity contribution in [1.29, 1.82) is 5.26 Å². The summed E-state index contributed by atoms with van der Waals surface area (Å²) in [4.78, 5) is 4.64. The zero-order chi connectivity index (χ0) is 20.0. The summed E-state index contributed by atoms with van der Waals surface area (Å²) < 4.78 is 5.76. The molecule has 1 heterocycles. The van der Waals surface area contributed by atoms with Crippen LogP contribution in [0.2, 0.25) is 0 Å². The molecule has 0 saturated heterocycles. The number of pyridine rings is 1. The van der Waals surface area contributed by atoms with E-state index in [1.165, 1.54) is 44.1 Å². The van der Waals surface area contributed by atoms with Gasteiger partial charge in [0.05, 0.1) is 18.4 Å². The summed E-state index contributed by atoms with van der Waals surface area (Å²) in [6.07, 6.45) is 12.7. The minimum absolute atomic E-state index is 0.0818. The highest BCUT2D eigenvalue weighted by Gasteiger charge is 2.05. The molecule has 1 atom stereocenters. The largest absolute Gasteiger partial charge is 0.494 e. The van der Waals surface area contributed by atoms with Crippen LogP contribution in [0.1, 0.15) is 70.8 Å². The third-order valence-corrected chi connectivity index (χ3v) is 5.20. The van der Waals surface area contributed by atoms with E-state index in [-0.39, 0.29) is 5.92 Å². The van der Waals surface area contributed by atoms with Gasteiger partial charge in [-0.15, -0.1) is 0 Å². The molecule has 150 valence electrons. The van der Waals surface area contributed by atoms with Crippen LogP contribution in [0.25, 0.3) is 11.3 Å². The minimum atomic E-state index is 0.0818. The van der Waals surface area contributed by atoms with Crippen molar-refractivity contribution in [1.82, 2.24) is 4.98 Å². The number of aromatic nitrogens is 1. The molecule has 0 bridgehead atoms. The second-order valence-corrected chi connectivity index (χ2v) is 7.47. The van der Waals surface area contributed by atoms with Crippen molar-refractivity contribution in [3.63, 3.8) is 0 Å². The summed E-state index contributed by atoms with van der Waals surface area (Å²) >= 11 is 0. The zero-order valence-corrected chi connectivity index (χ0v) is 17.5. The van der Waals surface area contributed by atoms with E-state index in [0.29, 0.717) is 6.61 Å². The average Bonchev–Trinajstić information content (AvgIpc) is 2.75. The van der Waals surface area contributed by atoms with Crippen LogP contribution in [-0.4, -0.2) is 11.6 Å². The average molecular weight is 379 g/mol. The van der Waals surface area contributed by atoms with Crippen molar-refractivity contribution in [3.05, 3.63) is 48.2 Å². The standard InChI is InChI=1S/C25H34N2O/c1-3-5-6-7-8-9-10-22-11-16-25(27-20-22)23-12-14-24(15-13-23)28-18-17-21(4-2)19-26/h11-16,20-21H,3-10,17-18H2,1-2H3. The van der Waals surface area contributed by atoms with Crippen LogP contribution in [0.15, 0.2) is 42.6 Å². The molecule has 1 unspecified atom stereocenters. The van der Waals surface area contributed by atoms with Gasteiger partial charge in [0.15, 0.2) is 0 Å². The SMILES string of the molecule is CCCCCCCCc1ccc(-c2ccc(OCCC(C#N)CC)cc2)nc1. The quantitative estimate of drug-likeness (QED) is 0.353. The summed E-state index contributed by atoms with van der Waals surface area (Å²) in [6.45, 7) is 4.87. The number of aryl methyl sites for hydroxylation is 1. The van der Waals surface area contributed by atoms with E-state index in [1.54, 1.807) is 0 Å². The number of nitriles is 1. The highest BCUT2D eigenvalue weighted by molar-refractivity contribution is 5.60. The highest BCUT2D eigenvalue weighted by Crippen LogP contribution is 2.22. The van der Waals surface area contributed by atoms with Gasteiger partial charge in [-0.25, -0.2) is 0 Å². The monoisotopic (exact) mass is 378 g/mol.